The summed E-state index contributed by atoms with van der Waals surface area (Å²) in [5.74, 6) is -0.309. The molecule has 0 spiro atoms. The molecule has 2 N–H and O–H groups in total. The van der Waals surface area contributed by atoms with Crippen LogP contribution in [0.1, 0.15) is 18.9 Å². The Labute approximate surface area is 93.1 Å². The Kier molecular flexibility index (Phi) is 5.08. The maximum atomic E-state index is 13.4. The Morgan fingerprint density at radius 1 is 1.40 bits per heavy atom. The molecule has 4 heteroatoms. The minimum absolute atomic E-state index is 0.0943. The molecular weight excluding hydrogens is 215 g/mol. The zero-order valence-electron chi connectivity index (χ0n) is 8.61. The van der Waals surface area contributed by atoms with Crippen LogP contribution in [-0.4, -0.2) is 22.1 Å². The maximum Gasteiger partial charge on any atom is 0.137 e. The van der Waals surface area contributed by atoms with Gasteiger partial charge >= 0.3 is 0 Å². The maximum absolute atomic E-state index is 13.4. The molecule has 0 aromatic heterocycles. The lowest BCUT2D eigenvalue weighted by atomic mass is 10.2. The predicted octanol–water partition coefficient (Wildman–Crippen LogP) is 2.18. The number of aliphatic hydroxyl groups is 2. The second-order valence-corrected chi connectivity index (χ2v) is 4.78. The van der Waals surface area contributed by atoms with E-state index in [0.29, 0.717) is 16.9 Å². The van der Waals surface area contributed by atoms with Crippen LogP contribution in [0.4, 0.5) is 4.39 Å². The number of thioether (sulfide) groups is 1. The van der Waals surface area contributed by atoms with Gasteiger partial charge in [0.2, 0.25) is 0 Å². The standard InChI is InChI=1S/C11H15FO2S/c1-8(5-6-13)15-11-9(7-14)3-2-4-10(11)12/h2-4,8,13-14H,5-7H2,1H3. The van der Waals surface area contributed by atoms with E-state index in [-0.39, 0.29) is 24.3 Å². The van der Waals surface area contributed by atoms with E-state index < -0.39 is 0 Å². The van der Waals surface area contributed by atoms with Gasteiger partial charge in [0.05, 0.1) is 6.61 Å². The molecule has 1 aromatic carbocycles. The van der Waals surface area contributed by atoms with Crippen LogP contribution in [0.15, 0.2) is 23.1 Å². The minimum Gasteiger partial charge on any atom is -0.396 e. The summed E-state index contributed by atoms with van der Waals surface area (Å²) in [6.07, 6.45) is 0.615. The molecule has 84 valence electrons. The van der Waals surface area contributed by atoms with Gasteiger partial charge in [0.1, 0.15) is 5.82 Å². The van der Waals surface area contributed by atoms with Gasteiger partial charge in [-0.3, -0.25) is 0 Å². The molecule has 0 radical (unpaired) electrons. The lowest BCUT2D eigenvalue weighted by molar-refractivity contribution is 0.277. The highest BCUT2D eigenvalue weighted by Crippen LogP contribution is 2.30. The number of halogens is 1. The van der Waals surface area contributed by atoms with Crippen molar-refractivity contribution in [1.82, 2.24) is 0 Å². The van der Waals surface area contributed by atoms with Crippen molar-refractivity contribution in [3.8, 4) is 0 Å². The van der Waals surface area contributed by atoms with Crippen molar-refractivity contribution in [3.05, 3.63) is 29.6 Å². The molecule has 0 aliphatic carbocycles. The number of benzene rings is 1. The molecule has 0 heterocycles. The van der Waals surface area contributed by atoms with Crippen molar-refractivity contribution >= 4 is 11.8 Å². The van der Waals surface area contributed by atoms with Crippen molar-refractivity contribution in [2.45, 2.75) is 30.1 Å². The molecule has 0 aliphatic rings. The fourth-order valence-corrected chi connectivity index (χ4v) is 2.34. The molecule has 0 aliphatic heterocycles. The van der Waals surface area contributed by atoms with E-state index in [2.05, 4.69) is 0 Å². The van der Waals surface area contributed by atoms with Gasteiger partial charge in [-0.25, -0.2) is 4.39 Å². The molecule has 0 fully saturated rings. The number of aliphatic hydroxyl groups excluding tert-OH is 2. The summed E-state index contributed by atoms with van der Waals surface area (Å²) in [4.78, 5) is 0.487. The van der Waals surface area contributed by atoms with Crippen LogP contribution in [0, 0.1) is 5.82 Å². The van der Waals surface area contributed by atoms with Gasteiger partial charge in [-0.15, -0.1) is 11.8 Å². The summed E-state index contributed by atoms with van der Waals surface area (Å²) >= 11 is 1.35. The number of rotatable bonds is 5. The van der Waals surface area contributed by atoms with Crippen LogP contribution in [0.2, 0.25) is 0 Å². The average molecular weight is 230 g/mol. The van der Waals surface area contributed by atoms with Crippen molar-refractivity contribution < 1.29 is 14.6 Å². The molecule has 1 rings (SSSR count). The van der Waals surface area contributed by atoms with Gasteiger partial charge in [-0.1, -0.05) is 19.1 Å². The normalized spacial score (nSPS) is 12.8. The lowest BCUT2D eigenvalue weighted by Crippen LogP contribution is -2.02. The molecule has 0 saturated carbocycles. The van der Waals surface area contributed by atoms with Crippen molar-refractivity contribution in [2.24, 2.45) is 0 Å². The SMILES string of the molecule is CC(CCO)Sc1c(F)cccc1CO. The highest BCUT2D eigenvalue weighted by atomic mass is 32.2. The summed E-state index contributed by atoms with van der Waals surface area (Å²) in [7, 11) is 0. The first-order valence-corrected chi connectivity index (χ1v) is 5.72. The van der Waals surface area contributed by atoms with Gasteiger partial charge in [0.15, 0.2) is 0 Å². The van der Waals surface area contributed by atoms with Crippen LogP contribution in [-0.2, 0) is 6.61 Å². The highest BCUT2D eigenvalue weighted by Gasteiger charge is 2.12. The van der Waals surface area contributed by atoms with Crippen LogP contribution < -0.4 is 0 Å². The Bertz CT molecular complexity index is 317. The van der Waals surface area contributed by atoms with Gasteiger partial charge in [-0.2, -0.15) is 0 Å². The molecule has 0 saturated heterocycles. The zero-order valence-corrected chi connectivity index (χ0v) is 9.43. The molecule has 1 atom stereocenters. The quantitative estimate of drug-likeness (QED) is 0.762. The number of hydrogen-bond acceptors (Lipinski definition) is 3. The summed E-state index contributed by atoms with van der Waals surface area (Å²) in [5.41, 5.74) is 0.602. The van der Waals surface area contributed by atoms with Crippen molar-refractivity contribution in [1.29, 1.82) is 0 Å². The largest absolute Gasteiger partial charge is 0.396 e. The van der Waals surface area contributed by atoms with E-state index in [0.717, 1.165) is 0 Å². The molecule has 0 bridgehead atoms. The Morgan fingerprint density at radius 2 is 2.13 bits per heavy atom. The van der Waals surface area contributed by atoms with E-state index in [1.165, 1.54) is 17.8 Å². The monoisotopic (exact) mass is 230 g/mol. The predicted molar refractivity (Wildman–Crippen MR) is 59.3 cm³/mol. The van der Waals surface area contributed by atoms with E-state index in [9.17, 15) is 4.39 Å². The third-order valence-electron chi connectivity index (χ3n) is 2.07. The molecule has 15 heavy (non-hydrogen) atoms. The minimum atomic E-state index is -0.309. The smallest absolute Gasteiger partial charge is 0.137 e. The summed E-state index contributed by atoms with van der Waals surface area (Å²) in [5, 5.41) is 17.9. The Hall–Kier alpha value is -0.580. The van der Waals surface area contributed by atoms with E-state index >= 15 is 0 Å². The molecular formula is C11H15FO2S. The van der Waals surface area contributed by atoms with Gasteiger partial charge in [0, 0.05) is 16.8 Å². The van der Waals surface area contributed by atoms with Crippen LogP contribution in [0.25, 0.3) is 0 Å². The third kappa shape index (κ3) is 3.48. The first kappa shape index (κ1) is 12.5. The third-order valence-corrected chi connectivity index (χ3v) is 3.40. The van der Waals surface area contributed by atoms with Crippen LogP contribution >= 0.6 is 11.8 Å². The fourth-order valence-electron chi connectivity index (χ4n) is 1.25. The van der Waals surface area contributed by atoms with Crippen LogP contribution in [0.3, 0.4) is 0 Å². The van der Waals surface area contributed by atoms with E-state index in [1.807, 2.05) is 6.92 Å². The molecule has 0 amide bonds. The molecule has 1 aromatic rings. The summed E-state index contributed by atoms with van der Waals surface area (Å²) < 4.78 is 13.4. The van der Waals surface area contributed by atoms with Crippen molar-refractivity contribution in [3.63, 3.8) is 0 Å². The van der Waals surface area contributed by atoms with Gasteiger partial charge < -0.3 is 10.2 Å². The molecule has 1 unspecified atom stereocenters. The topological polar surface area (TPSA) is 40.5 Å². The van der Waals surface area contributed by atoms with E-state index in [4.69, 9.17) is 10.2 Å². The van der Waals surface area contributed by atoms with E-state index in [1.54, 1.807) is 12.1 Å². The number of hydrogen-bond donors (Lipinski definition) is 2. The Balaban J connectivity index is 2.82. The van der Waals surface area contributed by atoms with Crippen molar-refractivity contribution in [2.75, 3.05) is 6.61 Å². The molecule has 2 nitrogen and oxygen atoms in total. The van der Waals surface area contributed by atoms with Gasteiger partial charge in [-0.05, 0) is 18.1 Å². The van der Waals surface area contributed by atoms with Crippen LogP contribution in [0.5, 0.6) is 0 Å². The second kappa shape index (κ2) is 6.10. The summed E-state index contributed by atoms with van der Waals surface area (Å²) in [6, 6.07) is 4.67. The summed E-state index contributed by atoms with van der Waals surface area (Å²) in [6.45, 7) is 1.86. The lowest BCUT2D eigenvalue weighted by Gasteiger charge is -2.13. The van der Waals surface area contributed by atoms with Gasteiger partial charge in [0.25, 0.3) is 0 Å². The first-order chi connectivity index (χ1) is 7.19. The average Bonchev–Trinajstić information content (AvgIpc) is 2.21. The first-order valence-electron chi connectivity index (χ1n) is 4.84. The fraction of sp³-hybridized carbons (Fsp3) is 0.455. The Morgan fingerprint density at radius 3 is 2.73 bits per heavy atom. The highest BCUT2D eigenvalue weighted by molar-refractivity contribution is 8.00. The second-order valence-electron chi connectivity index (χ2n) is 3.33. The zero-order chi connectivity index (χ0) is 11.3.